The van der Waals surface area contributed by atoms with E-state index in [2.05, 4.69) is 11.5 Å². The maximum Gasteiger partial charge on any atom is 0.320 e. The summed E-state index contributed by atoms with van der Waals surface area (Å²) in [6, 6.07) is 6.79. The molecule has 41 heavy (non-hydrogen) atoms. The van der Waals surface area contributed by atoms with Gasteiger partial charge in [-0.05, 0) is 30.7 Å². The van der Waals surface area contributed by atoms with Crippen molar-refractivity contribution in [3.63, 3.8) is 0 Å². The first kappa shape index (κ1) is 43.9. The zero-order valence-corrected chi connectivity index (χ0v) is 23.0. The fourth-order valence-corrected chi connectivity index (χ4v) is 1.97. The van der Waals surface area contributed by atoms with E-state index in [-0.39, 0.29) is 25.9 Å². The molecule has 0 aliphatic rings. The van der Waals surface area contributed by atoms with Crippen LogP contribution in [0.3, 0.4) is 0 Å². The van der Waals surface area contributed by atoms with Gasteiger partial charge < -0.3 is 59.3 Å². The Bertz CT molecular complexity index is 886. The summed E-state index contributed by atoms with van der Waals surface area (Å²) in [5.74, 6) is -5.65. The zero-order valence-electron chi connectivity index (χ0n) is 23.0. The maximum atomic E-state index is 10.4. The number of hydrogen-bond donors (Lipinski definition) is 11. The van der Waals surface area contributed by atoms with Crippen LogP contribution in [-0.2, 0) is 35.2 Å². The van der Waals surface area contributed by atoms with Gasteiger partial charge in [-0.15, -0.1) is 0 Å². The molecule has 0 aliphatic heterocycles. The predicted octanol–water partition coefficient (Wildman–Crippen LogP) is -1.59. The van der Waals surface area contributed by atoms with E-state index in [0.717, 1.165) is 5.56 Å². The fourth-order valence-electron chi connectivity index (χ4n) is 1.97. The molecule has 3 unspecified atom stereocenters. The molecule has 0 aromatic heterocycles. The Balaban J connectivity index is -0.000000218. The van der Waals surface area contributed by atoms with E-state index < -0.39 is 53.9 Å². The second kappa shape index (κ2) is 27.4. The average molecular weight is 594 g/mol. The Morgan fingerprint density at radius 2 is 1.00 bits per heavy atom. The summed E-state index contributed by atoms with van der Waals surface area (Å²) in [6.07, 6.45) is 0.712. The third-order valence-corrected chi connectivity index (χ3v) is 3.99. The van der Waals surface area contributed by atoms with Crippen molar-refractivity contribution in [1.29, 1.82) is 0 Å². The van der Waals surface area contributed by atoms with Gasteiger partial charge in [0.25, 0.3) is 0 Å². The first-order valence-corrected chi connectivity index (χ1v) is 11.9. The summed E-state index contributed by atoms with van der Waals surface area (Å²) in [5.41, 5.74) is 25.7. The summed E-state index contributed by atoms with van der Waals surface area (Å²) in [5, 5.41) is 48.3. The number of benzene rings is 1. The summed E-state index contributed by atoms with van der Waals surface area (Å²) >= 11 is 0. The van der Waals surface area contributed by atoms with E-state index in [1.807, 2.05) is 44.2 Å². The van der Waals surface area contributed by atoms with Crippen LogP contribution in [0.1, 0.15) is 38.7 Å². The van der Waals surface area contributed by atoms with Gasteiger partial charge in [0, 0.05) is 6.42 Å². The quantitative estimate of drug-likeness (QED) is 0.130. The van der Waals surface area contributed by atoms with Crippen molar-refractivity contribution in [2.75, 3.05) is 13.1 Å². The normalized spacial score (nSPS) is 11.5. The van der Waals surface area contributed by atoms with Gasteiger partial charge in [-0.2, -0.15) is 0 Å². The largest absolute Gasteiger partial charge is 0.481 e. The lowest BCUT2D eigenvalue weighted by molar-refractivity contribution is -0.141. The second-order valence-electron chi connectivity index (χ2n) is 8.28. The van der Waals surface area contributed by atoms with Gasteiger partial charge in [0.1, 0.15) is 18.1 Å². The summed E-state index contributed by atoms with van der Waals surface area (Å²) in [7, 11) is 0. The molecule has 236 valence electrons. The first-order valence-electron chi connectivity index (χ1n) is 11.9. The van der Waals surface area contributed by atoms with E-state index in [9.17, 15) is 28.8 Å². The molecule has 3 atom stereocenters. The fraction of sp³-hybridized carbons (Fsp3) is 0.500. The Kier molecular flexibility index (Phi) is 29.3. The van der Waals surface area contributed by atoms with E-state index in [1.54, 1.807) is 0 Å². The molecular weight excluding hydrogens is 550 g/mol. The zero-order chi connectivity index (χ0) is 33.1. The van der Waals surface area contributed by atoms with Crippen LogP contribution in [0.15, 0.2) is 30.3 Å². The van der Waals surface area contributed by atoms with Gasteiger partial charge in [0.15, 0.2) is 0 Å². The van der Waals surface area contributed by atoms with Crippen LogP contribution in [0.4, 0.5) is 0 Å². The number of carboxylic acid groups (broad SMARTS) is 6. The van der Waals surface area contributed by atoms with Gasteiger partial charge in [-0.25, -0.2) is 0 Å². The highest BCUT2D eigenvalue weighted by molar-refractivity contribution is 5.75. The van der Waals surface area contributed by atoms with Gasteiger partial charge in [0.2, 0.25) is 0 Å². The molecule has 17 nitrogen and oxygen atoms in total. The van der Waals surface area contributed by atoms with Gasteiger partial charge in [0.05, 0.1) is 13.1 Å². The molecule has 0 fully saturated rings. The molecule has 0 saturated heterocycles. The lowest BCUT2D eigenvalue weighted by Crippen LogP contribution is -2.32. The minimum atomic E-state index is -1.17. The Labute approximate surface area is 236 Å². The lowest BCUT2D eigenvalue weighted by Gasteiger charge is -2.07. The van der Waals surface area contributed by atoms with Crippen molar-refractivity contribution in [2.24, 2.45) is 34.6 Å². The Morgan fingerprint density at radius 3 is 1.24 bits per heavy atom. The molecule has 0 aliphatic carbocycles. The second-order valence-corrected chi connectivity index (χ2v) is 8.28. The maximum absolute atomic E-state index is 10.4. The molecule has 1 rings (SSSR count). The summed E-state index contributed by atoms with van der Waals surface area (Å²) in [4.78, 5) is 58.8. The summed E-state index contributed by atoms with van der Waals surface area (Å²) in [6.45, 7) is 3.34. The van der Waals surface area contributed by atoms with Crippen LogP contribution < -0.4 is 28.7 Å². The third kappa shape index (κ3) is 38.1. The molecule has 0 saturated carbocycles. The van der Waals surface area contributed by atoms with E-state index in [4.69, 9.17) is 47.8 Å². The van der Waals surface area contributed by atoms with Crippen molar-refractivity contribution in [2.45, 2.75) is 57.7 Å². The number of carboxylic acids is 6. The summed E-state index contributed by atoms with van der Waals surface area (Å²) < 4.78 is 0. The smallest absolute Gasteiger partial charge is 0.320 e. The number of rotatable bonds is 12. The molecule has 0 bridgehead atoms. The van der Waals surface area contributed by atoms with E-state index in [1.165, 1.54) is 0 Å². The Morgan fingerprint density at radius 1 is 0.634 bits per heavy atom. The molecule has 0 amide bonds. The highest BCUT2D eigenvalue weighted by Gasteiger charge is 2.13. The van der Waals surface area contributed by atoms with Crippen molar-refractivity contribution >= 4 is 35.8 Å². The van der Waals surface area contributed by atoms with Crippen LogP contribution in [0.2, 0.25) is 0 Å². The molecule has 1 aromatic rings. The van der Waals surface area contributed by atoms with Crippen LogP contribution in [0.5, 0.6) is 0 Å². The molecular formula is C24H43N5O12. The van der Waals surface area contributed by atoms with Crippen molar-refractivity contribution in [3.05, 3.63) is 35.9 Å². The molecule has 0 spiro atoms. The number of carbonyl (C=O) groups is 6. The van der Waals surface area contributed by atoms with Crippen molar-refractivity contribution in [3.8, 4) is 0 Å². The van der Waals surface area contributed by atoms with E-state index >= 15 is 0 Å². The van der Waals surface area contributed by atoms with Crippen LogP contribution in [0.25, 0.3) is 0 Å². The number of nitrogens with two attached hydrogens (primary N) is 5. The molecule has 0 radical (unpaired) electrons. The van der Waals surface area contributed by atoms with Gasteiger partial charge in [-0.1, -0.05) is 44.2 Å². The van der Waals surface area contributed by atoms with Gasteiger partial charge >= 0.3 is 35.8 Å². The highest BCUT2D eigenvalue weighted by Crippen LogP contribution is 2.02. The van der Waals surface area contributed by atoms with Crippen LogP contribution in [-0.4, -0.2) is 97.7 Å². The first-order chi connectivity index (χ1) is 18.8. The lowest BCUT2D eigenvalue weighted by atomic mass is 10.1. The van der Waals surface area contributed by atoms with Crippen molar-refractivity contribution < 1.29 is 59.4 Å². The van der Waals surface area contributed by atoms with Crippen LogP contribution >= 0.6 is 0 Å². The SMILES string of the molecule is CC(C)CC(N)C(=O)O.NC(CCC(=O)O)C(=O)O.NC(Cc1ccccc1)C(=O)O.NCC(=O)O.NCC(=O)O. The number of aliphatic carboxylic acids is 6. The standard InChI is InChI=1S/C9H11NO2.C6H13NO2.C5H9NO4.2C2H5NO2/c10-8(9(11)12)6-7-4-2-1-3-5-7;1-4(2)3-5(7)6(8)9;6-3(5(9)10)1-2-4(7)8;2*3-1-2(4)5/h1-5,8H,6,10H2,(H,11,12);4-5H,3,7H2,1-2H3,(H,8,9);3H,1-2,6H2,(H,7,8)(H,9,10);2*1,3H2,(H,4,5). The molecule has 1 aromatic carbocycles. The topological polar surface area (TPSA) is 354 Å². The van der Waals surface area contributed by atoms with E-state index in [0.29, 0.717) is 18.8 Å². The minimum absolute atomic E-state index is 0.0231. The molecule has 0 heterocycles. The Hall–Kier alpha value is -4.16. The van der Waals surface area contributed by atoms with Crippen LogP contribution in [0, 0.1) is 5.92 Å². The number of hydrogen-bond acceptors (Lipinski definition) is 11. The third-order valence-electron chi connectivity index (χ3n) is 3.99. The molecule has 16 N–H and O–H groups in total. The highest BCUT2D eigenvalue weighted by atomic mass is 16.4. The van der Waals surface area contributed by atoms with Gasteiger partial charge in [-0.3, -0.25) is 28.8 Å². The monoisotopic (exact) mass is 593 g/mol. The predicted molar refractivity (Wildman–Crippen MR) is 147 cm³/mol. The minimum Gasteiger partial charge on any atom is -0.481 e. The average Bonchev–Trinajstić information content (AvgIpc) is 2.88. The van der Waals surface area contributed by atoms with Crippen molar-refractivity contribution in [1.82, 2.24) is 0 Å². The molecule has 17 heteroatoms.